The molecule has 0 spiro atoms. The van der Waals surface area contributed by atoms with Gasteiger partial charge in [0, 0.05) is 21.8 Å². The molecule has 3 aliphatic heterocycles. The number of rotatable bonds is 0. The van der Waals surface area contributed by atoms with Gasteiger partial charge in [0.05, 0.1) is 21.8 Å². The molecule has 0 amide bonds. The fraction of sp³-hybridized carbons (Fsp3) is 0.200. The van der Waals surface area contributed by atoms with E-state index in [9.17, 15) is 0 Å². The molecule has 0 aromatic rings. The number of dihydropyridines is 1. The second-order valence-electron chi connectivity index (χ2n) is 3.49. The first kappa shape index (κ1) is 10.1. The summed E-state index contributed by atoms with van der Waals surface area (Å²) in [4.78, 5) is 1.32. The molecular weight excluding hydrogens is 340 g/mol. The quantitative estimate of drug-likeness (QED) is 0.674. The summed E-state index contributed by atoms with van der Waals surface area (Å²) in [6.45, 7) is 0. The summed E-state index contributed by atoms with van der Waals surface area (Å²) in [5.74, 6) is 0. The Hall–Kier alpha value is -0.130. The van der Waals surface area contributed by atoms with E-state index in [-0.39, 0.29) is 0 Å². The first-order chi connectivity index (χ1) is 7.25. The third kappa shape index (κ3) is 1.61. The van der Waals surface area contributed by atoms with Crippen LogP contribution in [0.25, 0.3) is 0 Å². The van der Waals surface area contributed by atoms with Crippen LogP contribution in [0.4, 0.5) is 0 Å². The number of halogens is 2. The Bertz CT molecular complexity index is 437. The largest absolute Gasteiger partial charge is 0.360 e. The Balaban J connectivity index is 2.03. The van der Waals surface area contributed by atoms with Gasteiger partial charge in [-0.2, -0.15) is 0 Å². The number of hydrogen-bond donors (Lipinski definition) is 1. The van der Waals surface area contributed by atoms with Crippen molar-refractivity contribution in [2.45, 2.75) is 11.8 Å². The molecule has 3 rings (SSSR count). The predicted molar refractivity (Wildman–Crippen MR) is 71.2 cm³/mol. The van der Waals surface area contributed by atoms with Crippen LogP contribution < -0.4 is 5.32 Å². The van der Waals surface area contributed by atoms with Crippen LogP contribution in [0.15, 0.2) is 45.2 Å². The van der Waals surface area contributed by atoms with Crippen molar-refractivity contribution in [2.24, 2.45) is 0 Å². The summed E-state index contributed by atoms with van der Waals surface area (Å²) < 4.78 is 3.18. The van der Waals surface area contributed by atoms with E-state index >= 15 is 0 Å². The molecule has 3 heterocycles. The molecule has 0 aromatic heterocycles. The Morgan fingerprint density at radius 3 is 3.27 bits per heavy atom. The highest BCUT2D eigenvalue weighted by Gasteiger charge is 2.34. The van der Waals surface area contributed by atoms with Crippen LogP contribution in [0, 0.1) is 0 Å². The molecule has 3 aliphatic rings. The third-order valence-corrected chi connectivity index (χ3v) is 5.22. The fourth-order valence-electron chi connectivity index (χ4n) is 1.87. The zero-order valence-electron chi connectivity index (χ0n) is 7.71. The standard InChI is InChI=1S/C10H8Br2N2S/c11-6-4-8-9(13-5-6)7-2-1-3-14(12)10(7)15-8/h1,3-5,10,13H,2H2. The van der Waals surface area contributed by atoms with E-state index in [1.54, 1.807) is 0 Å². The smallest absolute Gasteiger partial charge is 0.114 e. The van der Waals surface area contributed by atoms with Crippen molar-refractivity contribution in [1.82, 2.24) is 9.24 Å². The summed E-state index contributed by atoms with van der Waals surface area (Å²) in [5.41, 5.74) is 2.73. The van der Waals surface area contributed by atoms with E-state index < -0.39 is 0 Å². The lowest BCUT2D eigenvalue weighted by atomic mass is 10.1. The van der Waals surface area contributed by atoms with Crippen molar-refractivity contribution >= 4 is 43.8 Å². The van der Waals surface area contributed by atoms with E-state index in [1.165, 1.54) is 16.2 Å². The first-order valence-electron chi connectivity index (χ1n) is 4.60. The minimum Gasteiger partial charge on any atom is -0.360 e. The van der Waals surface area contributed by atoms with Gasteiger partial charge in [-0.25, -0.2) is 0 Å². The molecule has 0 aliphatic carbocycles. The minimum atomic E-state index is 0.399. The fourth-order valence-corrected chi connectivity index (χ4v) is 4.30. The van der Waals surface area contributed by atoms with Crippen LogP contribution in [0.3, 0.4) is 0 Å². The highest BCUT2D eigenvalue weighted by molar-refractivity contribution is 9.11. The topological polar surface area (TPSA) is 15.3 Å². The lowest BCUT2D eigenvalue weighted by Crippen LogP contribution is -2.22. The second-order valence-corrected chi connectivity index (χ2v) is 6.34. The second kappa shape index (κ2) is 3.71. The van der Waals surface area contributed by atoms with Crippen molar-refractivity contribution < 1.29 is 0 Å². The van der Waals surface area contributed by atoms with Gasteiger partial charge in [0.2, 0.25) is 0 Å². The SMILES string of the molecule is BrC1=CNC2=C3CC=CN(Br)C3SC2=C1. The number of allylic oxidation sites excluding steroid dienone is 3. The summed E-state index contributed by atoms with van der Waals surface area (Å²) in [6, 6.07) is 0. The summed E-state index contributed by atoms with van der Waals surface area (Å²) in [5, 5.41) is 3.75. The predicted octanol–water partition coefficient (Wildman–Crippen LogP) is 3.57. The minimum absolute atomic E-state index is 0.399. The molecule has 5 heteroatoms. The van der Waals surface area contributed by atoms with E-state index in [2.05, 4.69) is 59.7 Å². The molecule has 78 valence electrons. The molecule has 2 nitrogen and oxygen atoms in total. The zero-order chi connectivity index (χ0) is 10.4. The van der Waals surface area contributed by atoms with Gasteiger partial charge in [0.15, 0.2) is 0 Å². The Labute approximate surface area is 110 Å². The molecule has 1 unspecified atom stereocenters. The van der Waals surface area contributed by atoms with Crippen LogP contribution in [0.2, 0.25) is 0 Å². The average molecular weight is 348 g/mol. The lowest BCUT2D eigenvalue weighted by molar-refractivity contribution is 0.621. The van der Waals surface area contributed by atoms with Gasteiger partial charge in [0.1, 0.15) is 5.37 Å². The van der Waals surface area contributed by atoms with Crippen LogP contribution >= 0.6 is 43.8 Å². The summed E-state index contributed by atoms with van der Waals surface area (Å²) in [7, 11) is 0. The maximum absolute atomic E-state index is 3.55. The Morgan fingerprint density at radius 2 is 2.40 bits per heavy atom. The zero-order valence-corrected chi connectivity index (χ0v) is 11.7. The van der Waals surface area contributed by atoms with Gasteiger partial charge in [-0.1, -0.05) is 17.8 Å². The maximum atomic E-state index is 3.55. The van der Waals surface area contributed by atoms with E-state index in [4.69, 9.17) is 0 Å². The molecule has 0 radical (unpaired) electrons. The summed E-state index contributed by atoms with van der Waals surface area (Å²) >= 11 is 8.91. The number of hydrogen-bond acceptors (Lipinski definition) is 3. The van der Waals surface area contributed by atoms with Gasteiger partial charge in [-0.15, -0.1) is 0 Å². The van der Waals surface area contributed by atoms with Crippen LogP contribution in [-0.4, -0.2) is 9.30 Å². The van der Waals surface area contributed by atoms with Crippen LogP contribution in [-0.2, 0) is 0 Å². The highest BCUT2D eigenvalue weighted by Crippen LogP contribution is 2.48. The van der Waals surface area contributed by atoms with E-state index in [0.29, 0.717) is 5.37 Å². The number of nitrogens with one attached hydrogen (secondary N) is 1. The molecule has 15 heavy (non-hydrogen) atoms. The van der Waals surface area contributed by atoms with Crippen molar-refractivity contribution in [3.05, 3.63) is 45.2 Å². The molecule has 0 saturated carbocycles. The maximum Gasteiger partial charge on any atom is 0.114 e. The molecule has 0 aromatic carbocycles. The molecule has 1 atom stereocenters. The van der Waals surface area contributed by atoms with Crippen molar-refractivity contribution in [2.75, 3.05) is 0 Å². The Morgan fingerprint density at radius 1 is 1.53 bits per heavy atom. The molecule has 0 fully saturated rings. The number of fused-ring (bicyclic) bond motifs is 2. The van der Waals surface area contributed by atoms with E-state index in [0.717, 1.165) is 10.9 Å². The van der Waals surface area contributed by atoms with Crippen molar-refractivity contribution in [3.8, 4) is 0 Å². The van der Waals surface area contributed by atoms with Gasteiger partial charge in [-0.05, 0) is 34.0 Å². The van der Waals surface area contributed by atoms with Gasteiger partial charge < -0.3 is 5.32 Å². The Kier molecular flexibility index (Phi) is 2.49. The molecule has 0 saturated heterocycles. The monoisotopic (exact) mass is 346 g/mol. The van der Waals surface area contributed by atoms with Crippen LogP contribution in [0.5, 0.6) is 0 Å². The number of thioether (sulfide) groups is 1. The van der Waals surface area contributed by atoms with Gasteiger partial charge in [0.25, 0.3) is 0 Å². The van der Waals surface area contributed by atoms with Crippen LogP contribution in [0.1, 0.15) is 6.42 Å². The number of nitrogens with zero attached hydrogens (tertiary/aromatic N) is 1. The average Bonchev–Trinajstić information content (AvgIpc) is 2.57. The van der Waals surface area contributed by atoms with Gasteiger partial charge in [-0.3, -0.25) is 3.93 Å². The van der Waals surface area contributed by atoms with E-state index in [1.807, 2.05) is 18.0 Å². The molecule has 0 bridgehead atoms. The van der Waals surface area contributed by atoms with Crippen molar-refractivity contribution in [3.63, 3.8) is 0 Å². The first-order valence-corrected chi connectivity index (χ1v) is 6.98. The normalized spacial score (nSPS) is 28.1. The highest BCUT2D eigenvalue weighted by atomic mass is 79.9. The summed E-state index contributed by atoms with van der Waals surface area (Å²) in [6.07, 6.45) is 9.45. The van der Waals surface area contributed by atoms with Gasteiger partial charge >= 0.3 is 0 Å². The molecular formula is C10H8Br2N2S. The lowest BCUT2D eigenvalue weighted by Gasteiger charge is -2.25. The van der Waals surface area contributed by atoms with Crippen molar-refractivity contribution in [1.29, 1.82) is 0 Å². The molecule has 1 N–H and O–H groups in total. The third-order valence-electron chi connectivity index (χ3n) is 2.54.